The highest BCUT2D eigenvalue weighted by molar-refractivity contribution is 6.30. The Kier molecular flexibility index (Phi) is 6.06. The zero-order valence-electron chi connectivity index (χ0n) is 16.3. The molecule has 2 aromatic rings. The molecule has 2 aromatic carbocycles. The lowest BCUT2D eigenvalue weighted by Gasteiger charge is -2.32. The van der Waals surface area contributed by atoms with E-state index in [1.54, 1.807) is 0 Å². The van der Waals surface area contributed by atoms with Crippen molar-refractivity contribution in [2.24, 2.45) is 0 Å². The van der Waals surface area contributed by atoms with E-state index in [-0.39, 0.29) is 17.3 Å². The Labute approximate surface area is 178 Å². The molecule has 0 atom stereocenters. The van der Waals surface area contributed by atoms with Crippen molar-refractivity contribution >= 4 is 23.2 Å². The minimum Gasteiger partial charge on any atom is -0.486 e. The van der Waals surface area contributed by atoms with Crippen LogP contribution in [0.4, 0.5) is 5.69 Å². The van der Waals surface area contributed by atoms with Crippen LogP contribution in [-0.2, 0) is 6.54 Å². The molecule has 0 aromatic heterocycles. The van der Waals surface area contributed by atoms with Crippen LogP contribution in [0.5, 0.6) is 11.5 Å². The Morgan fingerprint density at radius 1 is 1.13 bits per heavy atom. The number of carbonyl (C=O) groups excluding carboxylic acids is 1. The first-order chi connectivity index (χ1) is 14.5. The number of ether oxygens (including phenoxy) is 2. The number of hydrogen-bond donors (Lipinski definition) is 1. The van der Waals surface area contributed by atoms with Gasteiger partial charge in [-0.25, -0.2) is 0 Å². The van der Waals surface area contributed by atoms with Crippen LogP contribution in [0, 0.1) is 10.1 Å². The van der Waals surface area contributed by atoms with Crippen molar-refractivity contribution in [1.82, 2.24) is 10.2 Å². The number of fused-ring (bicyclic) bond motifs is 1. The first-order valence-electron chi connectivity index (χ1n) is 9.85. The second-order valence-corrected chi connectivity index (χ2v) is 7.86. The number of rotatable bonds is 5. The fourth-order valence-electron chi connectivity index (χ4n) is 3.76. The van der Waals surface area contributed by atoms with Crippen LogP contribution in [0.3, 0.4) is 0 Å². The molecule has 0 spiro atoms. The maximum absolute atomic E-state index is 12.8. The molecule has 2 aliphatic heterocycles. The van der Waals surface area contributed by atoms with E-state index >= 15 is 0 Å². The van der Waals surface area contributed by atoms with Crippen molar-refractivity contribution in [2.75, 3.05) is 26.3 Å². The normalized spacial score (nSPS) is 16.8. The molecule has 9 heteroatoms. The summed E-state index contributed by atoms with van der Waals surface area (Å²) in [6.45, 7) is 3.15. The lowest BCUT2D eigenvalue weighted by Crippen LogP contribution is -2.44. The number of nitro benzene ring substituents is 1. The highest BCUT2D eigenvalue weighted by atomic mass is 35.5. The predicted octanol–water partition coefficient (Wildman–Crippen LogP) is 3.41. The van der Waals surface area contributed by atoms with Gasteiger partial charge in [0.2, 0.25) is 0 Å². The summed E-state index contributed by atoms with van der Waals surface area (Å²) in [6, 6.07) is 10.4. The summed E-state index contributed by atoms with van der Waals surface area (Å²) in [6.07, 6.45) is 1.55. The Balaban J connectivity index is 1.38. The zero-order chi connectivity index (χ0) is 21.1. The number of hydrogen-bond acceptors (Lipinski definition) is 6. The number of benzene rings is 2. The van der Waals surface area contributed by atoms with Crippen molar-refractivity contribution in [3.05, 3.63) is 62.7 Å². The summed E-state index contributed by atoms with van der Waals surface area (Å²) in [5.41, 5.74) is 0.901. The quantitative estimate of drug-likeness (QED) is 0.576. The van der Waals surface area contributed by atoms with Crippen LogP contribution >= 0.6 is 11.6 Å². The molecule has 0 radical (unpaired) electrons. The lowest BCUT2D eigenvalue weighted by atomic mass is 10.0. The van der Waals surface area contributed by atoms with Gasteiger partial charge in [-0.2, -0.15) is 0 Å². The van der Waals surface area contributed by atoms with Crippen LogP contribution < -0.4 is 14.8 Å². The molecule has 1 saturated heterocycles. The van der Waals surface area contributed by atoms with Gasteiger partial charge in [-0.15, -0.1) is 0 Å². The number of likely N-dealkylation sites (tertiary alicyclic amines) is 1. The fourth-order valence-corrected chi connectivity index (χ4v) is 3.88. The van der Waals surface area contributed by atoms with Crippen molar-refractivity contribution in [1.29, 1.82) is 0 Å². The highest BCUT2D eigenvalue weighted by Gasteiger charge is 2.28. The highest BCUT2D eigenvalue weighted by Crippen LogP contribution is 2.36. The van der Waals surface area contributed by atoms with E-state index < -0.39 is 10.8 Å². The third-order valence-corrected chi connectivity index (χ3v) is 5.60. The Morgan fingerprint density at radius 2 is 1.77 bits per heavy atom. The molecule has 4 rings (SSSR count). The van der Waals surface area contributed by atoms with Gasteiger partial charge in [0, 0.05) is 36.8 Å². The number of nitrogens with zero attached hydrogens (tertiary/aromatic N) is 2. The van der Waals surface area contributed by atoms with E-state index in [2.05, 4.69) is 10.2 Å². The monoisotopic (exact) mass is 431 g/mol. The molecule has 1 amide bonds. The molecule has 0 saturated carbocycles. The van der Waals surface area contributed by atoms with Gasteiger partial charge in [0.25, 0.3) is 11.6 Å². The number of nitrogens with one attached hydrogen (secondary N) is 1. The summed E-state index contributed by atoms with van der Waals surface area (Å²) in [7, 11) is 0. The second kappa shape index (κ2) is 8.89. The molecule has 2 aliphatic rings. The summed E-state index contributed by atoms with van der Waals surface area (Å²) >= 11 is 5.93. The third-order valence-electron chi connectivity index (χ3n) is 5.34. The Bertz CT molecular complexity index is 942. The van der Waals surface area contributed by atoms with Gasteiger partial charge in [-0.1, -0.05) is 23.7 Å². The number of carbonyl (C=O) groups is 1. The Morgan fingerprint density at radius 3 is 2.40 bits per heavy atom. The van der Waals surface area contributed by atoms with Gasteiger partial charge in [0.1, 0.15) is 18.8 Å². The summed E-state index contributed by atoms with van der Waals surface area (Å²) in [4.78, 5) is 26.0. The fraction of sp³-hybridized carbons (Fsp3) is 0.381. The zero-order valence-corrected chi connectivity index (χ0v) is 17.1. The lowest BCUT2D eigenvalue weighted by molar-refractivity contribution is -0.385. The van der Waals surface area contributed by atoms with Crippen LogP contribution in [0.1, 0.15) is 28.8 Å². The van der Waals surface area contributed by atoms with E-state index in [9.17, 15) is 14.9 Å². The molecule has 30 heavy (non-hydrogen) atoms. The number of amides is 1. The maximum atomic E-state index is 12.8. The van der Waals surface area contributed by atoms with Gasteiger partial charge in [-0.05, 0) is 30.5 Å². The third kappa shape index (κ3) is 4.66. The maximum Gasteiger partial charge on any atom is 0.286 e. The van der Waals surface area contributed by atoms with Gasteiger partial charge >= 0.3 is 0 Å². The van der Waals surface area contributed by atoms with Crippen LogP contribution in [0.25, 0.3) is 0 Å². The molecule has 1 fully saturated rings. The average molecular weight is 432 g/mol. The largest absolute Gasteiger partial charge is 0.486 e. The number of nitro groups is 1. The first kappa shape index (κ1) is 20.4. The Hall–Kier alpha value is -2.84. The summed E-state index contributed by atoms with van der Waals surface area (Å²) in [5, 5.41) is 15.1. The minimum atomic E-state index is -0.568. The van der Waals surface area contributed by atoms with Gasteiger partial charge in [-0.3, -0.25) is 19.8 Å². The number of halogens is 1. The summed E-state index contributed by atoms with van der Waals surface area (Å²) < 4.78 is 10.9. The van der Waals surface area contributed by atoms with E-state index in [4.69, 9.17) is 21.1 Å². The summed E-state index contributed by atoms with van der Waals surface area (Å²) in [5.74, 6) is 0.185. The smallest absolute Gasteiger partial charge is 0.286 e. The second-order valence-electron chi connectivity index (χ2n) is 7.42. The standard InChI is InChI=1S/C21H22ClN3O5/c22-15-3-1-14(2-4-15)13-24-7-5-16(6-8-24)23-21(26)17-11-19-20(30-10-9-29-19)12-18(17)25(27)28/h1-4,11-12,16H,5-10,13H2,(H,23,26). The average Bonchev–Trinajstić information content (AvgIpc) is 2.75. The first-order valence-corrected chi connectivity index (χ1v) is 10.2. The van der Waals surface area contributed by atoms with Crippen molar-refractivity contribution < 1.29 is 19.2 Å². The van der Waals surface area contributed by atoms with E-state index in [1.165, 1.54) is 17.7 Å². The van der Waals surface area contributed by atoms with Gasteiger partial charge in [0.15, 0.2) is 11.5 Å². The van der Waals surface area contributed by atoms with Crippen molar-refractivity contribution in [3.63, 3.8) is 0 Å². The molecule has 0 aliphatic carbocycles. The van der Waals surface area contributed by atoms with Crippen molar-refractivity contribution in [2.45, 2.75) is 25.4 Å². The predicted molar refractivity (Wildman–Crippen MR) is 111 cm³/mol. The van der Waals surface area contributed by atoms with E-state index in [0.717, 1.165) is 32.5 Å². The SMILES string of the molecule is O=C(NC1CCN(Cc2ccc(Cl)cc2)CC1)c1cc2c(cc1[N+](=O)[O-])OCCO2. The minimum absolute atomic E-state index is 0.00663. The molecule has 2 heterocycles. The molecular weight excluding hydrogens is 410 g/mol. The van der Waals surface area contributed by atoms with Crippen molar-refractivity contribution in [3.8, 4) is 11.5 Å². The molecule has 158 valence electrons. The van der Waals surface area contributed by atoms with Crippen LogP contribution in [-0.4, -0.2) is 48.1 Å². The van der Waals surface area contributed by atoms with E-state index in [0.29, 0.717) is 29.7 Å². The molecule has 8 nitrogen and oxygen atoms in total. The molecular formula is C21H22ClN3O5. The number of piperidine rings is 1. The topological polar surface area (TPSA) is 93.9 Å². The van der Waals surface area contributed by atoms with E-state index in [1.807, 2.05) is 24.3 Å². The van der Waals surface area contributed by atoms with Gasteiger partial charge < -0.3 is 14.8 Å². The van der Waals surface area contributed by atoms with Crippen LogP contribution in [0.2, 0.25) is 5.02 Å². The molecule has 0 unspecified atom stereocenters. The van der Waals surface area contributed by atoms with Gasteiger partial charge in [0.05, 0.1) is 11.0 Å². The molecule has 1 N–H and O–H groups in total. The van der Waals surface area contributed by atoms with Crippen LogP contribution in [0.15, 0.2) is 36.4 Å². The molecule has 0 bridgehead atoms.